The molecule has 10 heteroatoms. The molecule has 4 aliphatic carbocycles. The van der Waals surface area contributed by atoms with Crippen LogP contribution in [0.1, 0.15) is 49.7 Å². The van der Waals surface area contributed by atoms with Crippen LogP contribution in [0.4, 0.5) is 26.3 Å². The Bertz CT molecular complexity index is 1130. The van der Waals surface area contributed by atoms with Crippen LogP contribution in [0.2, 0.25) is 0 Å². The lowest BCUT2D eigenvalue weighted by Crippen LogP contribution is -2.62. The Hall–Kier alpha value is -0.970. The van der Waals surface area contributed by atoms with Crippen LogP contribution in [0.25, 0.3) is 0 Å². The summed E-state index contributed by atoms with van der Waals surface area (Å²) in [6.07, 6.45) is -5.84. The van der Waals surface area contributed by atoms with Crippen LogP contribution in [0.3, 0.4) is 0 Å². The molecule has 4 bridgehead atoms. The zero-order chi connectivity index (χ0) is 25.1. The first kappa shape index (κ1) is 24.1. The minimum atomic E-state index is -5.49. The first-order chi connectivity index (χ1) is 17.0. The molecule has 2 heterocycles. The molecule has 2 aromatic rings. The van der Waals surface area contributed by atoms with Crippen molar-refractivity contribution in [1.29, 1.82) is 0 Å². The van der Waals surface area contributed by atoms with Crippen molar-refractivity contribution in [3.63, 3.8) is 0 Å². The molecule has 2 aromatic carbocycles. The molecule has 2 aliphatic heterocycles. The molecule has 5 fully saturated rings. The second-order valence-corrected chi connectivity index (χ2v) is 14.9. The maximum Gasteiger partial charge on any atom is 0.422 e. The maximum absolute atomic E-state index is 14.8. The van der Waals surface area contributed by atoms with Crippen molar-refractivity contribution in [3.05, 3.63) is 59.7 Å². The first-order valence-corrected chi connectivity index (χ1v) is 14.6. The van der Waals surface area contributed by atoms with Gasteiger partial charge in [0.2, 0.25) is 0 Å². The fourth-order valence-electron chi connectivity index (χ4n) is 7.85. The Morgan fingerprint density at radius 1 is 0.694 bits per heavy atom. The van der Waals surface area contributed by atoms with Gasteiger partial charge in [-0.15, -0.1) is 0 Å². The predicted octanol–water partition coefficient (Wildman–Crippen LogP) is 8.84. The molecule has 6 aliphatic rings. The van der Waals surface area contributed by atoms with E-state index < -0.39 is 26.8 Å². The number of fused-ring (bicyclic) bond motifs is 4. The Labute approximate surface area is 218 Å². The van der Waals surface area contributed by atoms with E-state index in [0.717, 1.165) is 29.1 Å². The number of benzene rings is 2. The lowest BCUT2D eigenvalue weighted by atomic mass is 9.52. The fraction of sp³-hybridized carbons (Fsp3) is 0.538. The highest BCUT2D eigenvalue weighted by atomic mass is 32.2. The van der Waals surface area contributed by atoms with Crippen molar-refractivity contribution in [3.8, 4) is 0 Å². The normalized spacial score (nSPS) is 34.1. The van der Waals surface area contributed by atoms with Gasteiger partial charge in [0.1, 0.15) is 4.87 Å². The van der Waals surface area contributed by atoms with E-state index in [1.165, 1.54) is 11.8 Å². The smallest absolute Gasteiger partial charge is 0.218 e. The lowest BCUT2D eigenvalue weighted by Gasteiger charge is -2.62. The van der Waals surface area contributed by atoms with E-state index >= 15 is 0 Å². The molecular formula is C26H23F6NS3. The van der Waals surface area contributed by atoms with Crippen LogP contribution < -0.4 is 0 Å². The molecule has 0 N–H and O–H groups in total. The van der Waals surface area contributed by atoms with E-state index in [-0.39, 0.29) is 23.7 Å². The SMILES string of the molecule is FC(F)(F)C1(C(F)(F)F)SN(C23CC4CC(CC(C4)C2)C3)C2(S1)c1ccccc1Sc1ccccc12. The Morgan fingerprint density at radius 2 is 1.14 bits per heavy atom. The zero-order valence-corrected chi connectivity index (χ0v) is 21.5. The van der Waals surface area contributed by atoms with Crippen molar-refractivity contribution < 1.29 is 26.3 Å². The van der Waals surface area contributed by atoms with Gasteiger partial charge in [-0.3, -0.25) is 0 Å². The molecule has 1 nitrogen and oxygen atoms in total. The molecule has 192 valence electrons. The van der Waals surface area contributed by atoms with Gasteiger partial charge in [0.05, 0.1) is 0 Å². The van der Waals surface area contributed by atoms with Crippen molar-refractivity contribution in [2.45, 2.75) is 75.2 Å². The molecule has 0 radical (unpaired) electrons. The molecule has 1 spiro atoms. The molecular weight excluding hydrogens is 536 g/mol. The highest BCUT2D eigenvalue weighted by Gasteiger charge is 2.82. The van der Waals surface area contributed by atoms with Gasteiger partial charge in [0.25, 0.3) is 4.08 Å². The summed E-state index contributed by atoms with van der Waals surface area (Å²) in [6.45, 7) is 0. The number of rotatable bonds is 1. The van der Waals surface area contributed by atoms with E-state index in [2.05, 4.69) is 0 Å². The maximum atomic E-state index is 14.8. The second kappa shape index (κ2) is 7.57. The van der Waals surface area contributed by atoms with Gasteiger partial charge in [-0.1, -0.05) is 59.9 Å². The number of hydrogen-bond donors (Lipinski definition) is 0. The minimum Gasteiger partial charge on any atom is -0.218 e. The van der Waals surface area contributed by atoms with E-state index in [0.29, 0.717) is 48.1 Å². The number of thioether (sulfide) groups is 1. The van der Waals surface area contributed by atoms with Gasteiger partial charge < -0.3 is 0 Å². The quantitative estimate of drug-likeness (QED) is 0.254. The monoisotopic (exact) mass is 559 g/mol. The molecule has 0 aromatic heterocycles. The third kappa shape index (κ3) is 3.07. The van der Waals surface area contributed by atoms with Crippen LogP contribution in [0, 0.1) is 17.8 Å². The third-order valence-corrected chi connectivity index (χ3v) is 13.7. The first-order valence-electron chi connectivity index (χ1n) is 12.2. The van der Waals surface area contributed by atoms with Gasteiger partial charge in [-0.25, -0.2) is 4.31 Å². The van der Waals surface area contributed by atoms with Crippen LogP contribution in [0.15, 0.2) is 58.3 Å². The average Bonchev–Trinajstić information content (AvgIpc) is 3.18. The molecule has 36 heavy (non-hydrogen) atoms. The summed E-state index contributed by atoms with van der Waals surface area (Å²) >= 11 is 1.52. The lowest BCUT2D eigenvalue weighted by molar-refractivity contribution is -0.236. The van der Waals surface area contributed by atoms with Crippen LogP contribution in [0.5, 0.6) is 0 Å². The Balaban J connectivity index is 1.53. The van der Waals surface area contributed by atoms with Crippen molar-refractivity contribution in [2.75, 3.05) is 0 Å². The molecule has 1 saturated heterocycles. The third-order valence-electron chi connectivity index (χ3n) is 8.70. The van der Waals surface area contributed by atoms with Gasteiger partial charge in [-0.2, -0.15) is 26.3 Å². The van der Waals surface area contributed by atoms with Crippen molar-refractivity contribution in [2.24, 2.45) is 17.8 Å². The van der Waals surface area contributed by atoms with Crippen LogP contribution >= 0.6 is 35.5 Å². The van der Waals surface area contributed by atoms with Gasteiger partial charge in [-0.05, 0) is 80.4 Å². The van der Waals surface area contributed by atoms with Crippen molar-refractivity contribution >= 4 is 35.5 Å². The van der Waals surface area contributed by atoms with Crippen LogP contribution in [-0.2, 0) is 4.87 Å². The molecule has 0 amide bonds. The molecule has 8 rings (SSSR count). The van der Waals surface area contributed by atoms with E-state index in [4.69, 9.17) is 0 Å². The van der Waals surface area contributed by atoms with E-state index in [1.807, 2.05) is 12.1 Å². The topological polar surface area (TPSA) is 3.24 Å². The highest BCUT2D eigenvalue weighted by molar-refractivity contribution is 8.21. The Morgan fingerprint density at radius 3 is 1.58 bits per heavy atom. The number of halogens is 6. The van der Waals surface area contributed by atoms with Crippen LogP contribution in [-0.4, -0.2) is 26.3 Å². The van der Waals surface area contributed by atoms with Gasteiger partial charge >= 0.3 is 12.4 Å². The number of nitrogens with zero attached hydrogens (tertiary/aromatic N) is 1. The van der Waals surface area contributed by atoms with E-state index in [9.17, 15) is 26.3 Å². The van der Waals surface area contributed by atoms with E-state index in [1.54, 1.807) is 40.7 Å². The summed E-state index contributed by atoms with van der Waals surface area (Å²) in [5.74, 6) is 1.11. The highest BCUT2D eigenvalue weighted by Crippen LogP contribution is 2.78. The fourth-order valence-corrected chi connectivity index (χ4v) is 12.8. The van der Waals surface area contributed by atoms with Gasteiger partial charge in [0.15, 0.2) is 0 Å². The summed E-state index contributed by atoms with van der Waals surface area (Å²) < 4.78 is 86.2. The molecule has 0 atom stereocenters. The summed E-state index contributed by atoms with van der Waals surface area (Å²) in [5, 5.41) is 0. The number of alkyl halides is 6. The average molecular weight is 560 g/mol. The summed E-state index contributed by atoms with van der Waals surface area (Å²) in [4.78, 5) is -0.154. The predicted molar refractivity (Wildman–Crippen MR) is 131 cm³/mol. The zero-order valence-electron chi connectivity index (χ0n) is 19.0. The number of hydrogen-bond acceptors (Lipinski definition) is 4. The van der Waals surface area contributed by atoms with Crippen molar-refractivity contribution in [1.82, 2.24) is 4.31 Å². The molecule has 4 saturated carbocycles. The minimum absolute atomic E-state index is 0.0300. The van der Waals surface area contributed by atoms with Gasteiger partial charge in [0, 0.05) is 26.5 Å². The summed E-state index contributed by atoms with van der Waals surface area (Å²) in [6, 6.07) is 14.2. The standard InChI is InChI=1S/C26H23F6NS3/c27-25(28,29)24(26(30,31)32)35-23(18-5-1-3-7-20(18)34-21-8-4-2-6-19(21)23)33(36-24)22-12-15-9-16(13-22)11-17(10-15)14-22/h1-8,15-17H,9-14H2. The summed E-state index contributed by atoms with van der Waals surface area (Å²) in [5.41, 5.74) is 0.377. The summed E-state index contributed by atoms with van der Waals surface area (Å²) in [7, 11) is 0. The Kier molecular flexibility index (Phi) is 5.07. The second-order valence-electron chi connectivity index (χ2n) is 11.0. The largest absolute Gasteiger partial charge is 0.422 e. The molecule has 0 unspecified atom stereocenters.